The van der Waals surface area contributed by atoms with E-state index in [1.807, 2.05) is 48.5 Å². The van der Waals surface area contributed by atoms with Gasteiger partial charge in [0, 0.05) is 12.1 Å². The van der Waals surface area contributed by atoms with Gasteiger partial charge in [-0.25, -0.2) is 0 Å². The van der Waals surface area contributed by atoms with Crippen molar-refractivity contribution in [1.82, 2.24) is 10.1 Å². The summed E-state index contributed by atoms with van der Waals surface area (Å²) in [6, 6.07) is 17.2. The summed E-state index contributed by atoms with van der Waals surface area (Å²) < 4.78 is 11.2. The van der Waals surface area contributed by atoms with Gasteiger partial charge in [0.05, 0.1) is 18.2 Å². The van der Waals surface area contributed by atoms with Crippen molar-refractivity contribution in [2.75, 3.05) is 19.7 Å². The van der Waals surface area contributed by atoms with Gasteiger partial charge in [0.15, 0.2) is 0 Å². The minimum Gasteiger partial charge on any atom is -0.370 e. The second-order valence-electron chi connectivity index (χ2n) is 6.46. The highest BCUT2D eigenvalue weighted by molar-refractivity contribution is 6.33. The third kappa shape index (κ3) is 3.48. The Morgan fingerprint density at radius 2 is 1.89 bits per heavy atom. The van der Waals surface area contributed by atoms with Gasteiger partial charge >= 0.3 is 0 Å². The van der Waals surface area contributed by atoms with E-state index in [9.17, 15) is 4.79 Å². The fraction of sp³-hybridized carbons (Fsp3) is 0.238. The van der Waals surface area contributed by atoms with Crippen LogP contribution in [0.5, 0.6) is 0 Å². The van der Waals surface area contributed by atoms with E-state index in [4.69, 9.17) is 20.9 Å². The Balaban J connectivity index is 1.64. The molecule has 1 atom stereocenters. The third-order valence-corrected chi connectivity index (χ3v) is 5.06. The lowest BCUT2D eigenvalue weighted by molar-refractivity contribution is -0.0228. The first-order valence-corrected chi connectivity index (χ1v) is 9.20. The zero-order valence-electron chi connectivity index (χ0n) is 14.9. The topological polar surface area (TPSA) is 55.6 Å². The van der Waals surface area contributed by atoms with Crippen molar-refractivity contribution in [3.63, 3.8) is 0 Å². The Labute approximate surface area is 162 Å². The number of aromatic nitrogens is 1. The molecule has 1 aromatic heterocycles. The summed E-state index contributed by atoms with van der Waals surface area (Å²) in [4.78, 5) is 15.1. The van der Waals surface area contributed by atoms with Gasteiger partial charge in [-0.15, -0.1) is 0 Å². The molecule has 1 amide bonds. The molecule has 0 N–H and O–H groups in total. The molecule has 5 nitrogen and oxygen atoms in total. The van der Waals surface area contributed by atoms with E-state index >= 15 is 0 Å². The smallest absolute Gasteiger partial charge is 0.259 e. The van der Waals surface area contributed by atoms with Crippen LogP contribution in [-0.2, 0) is 4.74 Å². The first kappa shape index (κ1) is 17.8. The normalized spacial score (nSPS) is 17.1. The number of ether oxygens (including phenoxy) is 1. The maximum absolute atomic E-state index is 13.3. The molecule has 4 rings (SSSR count). The molecular weight excluding hydrogens is 364 g/mol. The fourth-order valence-electron chi connectivity index (χ4n) is 3.32. The molecule has 1 fully saturated rings. The molecular formula is C21H19ClN2O3. The molecule has 0 aliphatic carbocycles. The lowest BCUT2D eigenvalue weighted by atomic mass is 10.0. The molecule has 0 spiro atoms. The highest BCUT2D eigenvalue weighted by atomic mass is 35.5. The van der Waals surface area contributed by atoms with E-state index in [1.165, 1.54) is 0 Å². The standard InChI is InChI=1S/C21H19ClN2O3/c1-14-19(20(23-27-14)16-9-5-6-10-17(16)22)21(25)24-11-12-26-18(13-24)15-7-3-2-4-8-15/h2-10,18H,11-13H2,1H3. The SMILES string of the molecule is Cc1onc(-c2ccccc2Cl)c1C(=O)N1CCOC(c2ccccc2)C1. The fourth-order valence-corrected chi connectivity index (χ4v) is 3.55. The van der Waals surface area contributed by atoms with Crippen molar-refractivity contribution in [3.05, 3.63) is 76.5 Å². The summed E-state index contributed by atoms with van der Waals surface area (Å²) in [5, 5.41) is 4.63. The Hall–Kier alpha value is -2.63. The molecule has 2 heterocycles. The van der Waals surface area contributed by atoms with Gasteiger partial charge in [-0.05, 0) is 18.6 Å². The summed E-state index contributed by atoms with van der Waals surface area (Å²) in [7, 11) is 0. The number of carbonyl (C=O) groups excluding carboxylic acids is 1. The number of hydrogen-bond donors (Lipinski definition) is 0. The summed E-state index contributed by atoms with van der Waals surface area (Å²) in [5.74, 6) is 0.366. The maximum atomic E-state index is 13.3. The molecule has 1 unspecified atom stereocenters. The molecule has 0 saturated carbocycles. The van der Waals surface area contributed by atoms with Crippen LogP contribution in [0.15, 0.2) is 59.1 Å². The van der Waals surface area contributed by atoms with Gasteiger partial charge in [-0.3, -0.25) is 4.79 Å². The van der Waals surface area contributed by atoms with Crippen molar-refractivity contribution in [3.8, 4) is 11.3 Å². The van der Waals surface area contributed by atoms with Gasteiger partial charge in [0.1, 0.15) is 23.1 Å². The summed E-state index contributed by atoms with van der Waals surface area (Å²) >= 11 is 6.31. The average molecular weight is 383 g/mol. The van der Waals surface area contributed by atoms with E-state index in [-0.39, 0.29) is 12.0 Å². The number of nitrogens with zero attached hydrogens (tertiary/aromatic N) is 2. The number of morpholine rings is 1. The van der Waals surface area contributed by atoms with Crippen LogP contribution in [0, 0.1) is 6.92 Å². The number of aryl methyl sites for hydroxylation is 1. The van der Waals surface area contributed by atoms with Crippen LogP contribution in [0.1, 0.15) is 27.8 Å². The second-order valence-corrected chi connectivity index (χ2v) is 6.87. The highest BCUT2D eigenvalue weighted by Gasteiger charge is 2.31. The van der Waals surface area contributed by atoms with Gasteiger partial charge in [0.2, 0.25) is 0 Å². The largest absolute Gasteiger partial charge is 0.370 e. The lowest BCUT2D eigenvalue weighted by Gasteiger charge is -2.33. The quantitative estimate of drug-likeness (QED) is 0.668. The van der Waals surface area contributed by atoms with Crippen LogP contribution >= 0.6 is 11.6 Å². The van der Waals surface area contributed by atoms with E-state index in [0.717, 1.165) is 5.56 Å². The highest BCUT2D eigenvalue weighted by Crippen LogP contribution is 2.32. The van der Waals surface area contributed by atoms with Crippen molar-refractivity contribution in [2.24, 2.45) is 0 Å². The van der Waals surface area contributed by atoms with E-state index in [2.05, 4.69) is 5.16 Å². The van der Waals surface area contributed by atoms with Crippen LogP contribution in [0.4, 0.5) is 0 Å². The minimum atomic E-state index is -0.146. The van der Waals surface area contributed by atoms with Gasteiger partial charge in [-0.1, -0.05) is 65.3 Å². The molecule has 27 heavy (non-hydrogen) atoms. The predicted molar refractivity (Wildman–Crippen MR) is 103 cm³/mol. The van der Waals surface area contributed by atoms with E-state index in [1.54, 1.807) is 17.9 Å². The number of carbonyl (C=O) groups is 1. The summed E-state index contributed by atoms with van der Waals surface area (Å²) in [6.45, 7) is 3.23. The number of rotatable bonds is 3. The Morgan fingerprint density at radius 3 is 2.67 bits per heavy atom. The molecule has 2 aromatic carbocycles. The molecule has 6 heteroatoms. The van der Waals surface area contributed by atoms with Crippen LogP contribution in [0.2, 0.25) is 5.02 Å². The molecule has 0 bridgehead atoms. The molecule has 1 saturated heterocycles. The first-order valence-electron chi connectivity index (χ1n) is 8.82. The zero-order valence-corrected chi connectivity index (χ0v) is 15.6. The van der Waals surface area contributed by atoms with E-state index < -0.39 is 0 Å². The number of halogens is 1. The van der Waals surface area contributed by atoms with Gasteiger partial charge < -0.3 is 14.2 Å². The Morgan fingerprint density at radius 1 is 1.15 bits per heavy atom. The second kappa shape index (κ2) is 7.55. The number of benzene rings is 2. The summed E-state index contributed by atoms with van der Waals surface area (Å²) in [5.41, 5.74) is 2.68. The molecule has 1 aliphatic heterocycles. The van der Waals surface area contributed by atoms with Crippen LogP contribution < -0.4 is 0 Å². The Kier molecular flexibility index (Phi) is 4.97. The van der Waals surface area contributed by atoms with Crippen molar-refractivity contribution >= 4 is 17.5 Å². The average Bonchev–Trinajstić information content (AvgIpc) is 3.10. The first-order chi connectivity index (χ1) is 13.1. The van der Waals surface area contributed by atoms with E-state index in [0.29, 0.717) is 47.3 Å². The molecule has 138 valence electrons. The van der Waals surface area contributed by atoms with Crippen molar-refractivity contribution in [1.29, 1.82) is 0 Å². The molecule has 0 radical (unpaired) electrons. The molecule has 1 aliphatic rings. The van der Waals surface area contributed by atoms with Crippen LogP contribution in [0.3, 0.4) is 0 Å². The maximum Gasteiger partial charge on any atom is 0.259 e. The van der Waals surface area contributed by atoms with Crippen molar-refractivity contribution in [2.45, 2.75) is 13.0 Å². The number of amides is 1. The van der Waals surface area contributed by atoms with Gasteiger partial charge in [-0.2, -0.15) is 0 Å². The zero-order chi connectivity index (χ0) is 18.8. The minimum absolute atomic E-state index is 0.118. The van der Waals surface area contributed by atoms with Crippen molar-refractivity contribution < 1.29 is 14.1 Å². The molecule has 3 aromatic rings. The van der Waals surface area contributed by atoms with Crippen LogP contribution in [0.25, 0.3) is 11.3 Å². The van der Waals surface area contributed by atoms with Crippen LogP contribution in [-0.4, -0.2) is 35.7 Å². The lowest BCUT2D eigenvalue weighted by Crippen LogP contribution is -2.42. The predicted octanol–water partition coefficient (Wildman–Crippen LogP) is 4.52. The third-order valence-electron chi connectivity index (χ3n) is 4.73. The monoisotopic (exact) mass is 382 g/mol. The van der Waals surface area contributed by atoms with Gasteiger partial charge in [0.25, 0.3) is 5.91 Å². The summed E-state index contributed by atoms with van der Waals surface area (Å²) in [6.07, 6.45) is -0.146. The number of hydrogen-bond acceptors (Lipinski definition) is 4. The Bertz CT molecular complexity index is 955.